The molecule has 0 spiro atoms. The normalized spacial score (nSPS) is 12.2. The molecule has 0 heterocycles. The van der Waals surface area contributed by atoms with Crippen molar-refractivity contribution in [3.63, 3.8) is 0 Å². The van der Waals surface area contributed by atoms with Crippen LogP contribution in [0.2, 0.25) is 0 Å². The predicted molar refractivity (Wildman–Crippen MR) is 420 cm³/mol. The van der Waals surface area contributed by atoms with E-state index < -0.39 is 17.3 Å². The fourth-order valence-corrected chi connectivity index (χ4v) is 12.2. The summed E-state index contributed by atoms with van der Waals surface area (Å²) in [4.78, 5) is 7.32. The second kappa shape index (κ2) is 42.9. The highest BCUT2D eigenvalue weighted by Crippen LogP contribution is 2.41. The number of nitrogens with zero attached hydrogens (tertiary/aromatic N) is 8. The van der Waals surface area contributed by atoms with Crippen molar-refractivity contribution < 1.29 is 39.8 Å². The van der Waals surface area contributed by atoms with Crippen molar-refractivity contribution in [3.8, 4) is 0 Å². The largest absolute Gasteiger partial charge is 0.425 e. The van der Waals surface area contributed by atoms with Crippen LogP contribution < -0.4 is 14.7 Å². The fraction of sp³-hybridized carbons (Fsp3) is 0.279. The summed E-state index contributed by atoms with van der Waals surface area (Å²) in [5, 5.41) is 23.0. The third-order valence-electron chi connectivity index (χ3n) is 17.4. The van der Waals surface area contributed by atoms with Gasteiger partial charge in [-0.3, -0.25) is 0 Å². The lowest BCUT2D eigenvalue weighted by atomic mass is 9.94. The first-order valence-corrected chi connectivity index (χ1v) is 36.8. The van der Waals surface area contributed by atoms with Crippen LogP contribution in [-0.4, -0.2) is 88.6 Å². The molecule has 10 rings (SSSR count). The first kappa shape index (κ1) is 78.5. The molecular weight excluding hydrogens is 1310 g/mol. The van der Waals surface area contributed by atoms with E-state index >= 15 is 0 Å². The second-order valence-electron chi connectivity index (χ2n) is 24.4. The van der Waals surface area contributed by atoms with Gasteiger partial charge in [-0.05, 0) is 157 Å². The Morgan fingerprint density at radius 3 is 1.24 bits per heavy atom. The van der Waals surface area contributed by atoms with Crippen LogP contribution in [0.25, 0.3) is 32.7 Å². The van der Waals surface area contributed by atoms with Gasteiger partial charge in [0.2, 0.25) is 0 Å². The molecule has 0 radical (unpaired) electrons. The highest BCUT2D eigenvalue weighted by atomic mass is 32.2. The van der Waals surface area contributed by atoms with Crippen LogP contribution in [0.4, 0.5) is 64.4 Å². The molecule has 1 aliphatic rings. The summed E-state index contributed by atoms with van der Waals surface area (Å²) < 4.78 is 68.8. The van der Waals surface area contributed by atoms with E-state index in [1.807, 2.05) is 60.7 Å². The smallest absolute Gasteiger partial charge is 0.385 e. The van der Waals surface area contributed by atoms with E-state index in [-0.39, 0.29) is 0 Å². The minimum absolute atomic E-state index is 0.569. The van der Waals surface area contributed by atoms with Crippen LogP contribution in [-0.2, 0) is 20.1 Å². The number of fused-ring (bicyclic) bond motifs is 2. The summed E-state index contributed by atoms with van der Waals surface area (Å²) in [6.07, 6.45) is 25.5. The van der Waals surface area contributed by atoms with E-state index in [0.717, 1.165) is 178 Å². The summed E-state index contributed by atoms with van der Waals surface area (Å²) in [6.45, 7) is 18.1. The van der Waals surface area contributed by atoms with Gasteiger partial charge in [0, 0.05) is 114 Å². The lowest BCUT2D eigenvalue weighted by Crippen LogP contribution is -2.25. The minimum atomic E-state index is -3.11. The highest BCUT2D eigenvalue weighted by Gasteiger charge is 2.20. The van der Waals surface area contributed by atoms with Crippen LogP contribution in [0.1, 0.15) is 110 Å². The van der Waals surface area contributed by atoms with Gasteiger partial charge >= 0.3 is 10.6 Å². The van der Waals surface area contributed by atoms with Gasteiger partial charge in [0.15, 0.2) is 12.4 Å². The molecule has 9 aromatic carbocycles. The Balaban J connectivity index is 0.00000160. The van der Waals surface area contributed by atoms with Crippen molar-refractivity contribution in [2.75, 3.05) is 80.4 Å². The Bertz CT molecular complexity index is 4440. The molecule has 0 saturated carbocycles. The van der Waals surface area contributed by atoms with E-state index in [1.54, 1.807) is 0 Å². The van der Waals surface area contributed by atoms with Crippen LogP contribution in [0.15, 0.2) is 275 Å². The van der Waals surface area contributed by atoms with Gasteiger partial charge in [0.05, 0.1) is 36.0 Å². The molecule has 0 saturated heterocycles. The SMILES string of the molecule is CCCCN(CCCC)c1ccc(/C(=C\C=C\C(=C2C=CC(=[N+](CCCC)CCCC)C=C2)c2ccc(N(CCOCC)c3ccc(N=Nc4ccccc4)c4ccccc34)cc2)c2ccc(N(CCOCC)c3ccc(N=Nc4ccccc4)c4ccccc34)cc2)cc1.F[C-](F)F.O=S(=O)=O. The van der Waals surface area contributed by atoms with E-state index in [1.165, 1.54) is 11.4 Å². The number of benzene rings is 9. The molecule has 0 unspecified atom stereocenters. The standard InChI is InChI=1S/C85H95N8O2.CF3.O3S/c1-7-13-58-90(59-14-8-2)72-46-38-66(39-47-72)76(68-42-50-74(51-43-68)92(62-64-94-11-5)84-56-54-82(78-32-23-25-34-80(78)84)88-86-70-28-19-17-20-29-70)36-27-37-77(67-40-48-73(49-41-67)91(60-15-9-3)61-16-10-4)69-44-52-75(53-45-69)93(63-65-95-12-6)85-57-55-83(79-33-24-26-35-81(79)85)89-87-71-30-21-18-22-31-71;2-1(3)4;1-4(2)3/h17-57H,7-16,58-65H2,1-6H3;;/q+1;-1;. The zero-order valence-corrected chi connectivity index (χ0v) is 60.9. The van der Waals surface area contributed by atoms with Crippen molar-refractivity contribution in [2.45, 2.75) is 92.9 Å². The molecule has 0 atom stereocenters. The van der Waals surface area contributed by atoms with E-state index in [0.29, 0.717) is 39.5 Å². The zero-order valence-electron chi connectivity index (χ0n) is 60.1. The third kappa shape index (κ3) is 24.0. The Morgan fingerprint density at radius 1 is 0.447 bits per heavy atom. The number of ether oxygens (including phenoxy) is 2. The zero-order chi connectivity index (χ0) is 73.0. The number of allylic oxidation sites excluding steroid dienone is 9. The van der Waals surface area contributed by atoms with Crippen LogP contribution >= 0.6 is 0 Å². The lowest BCUT2D eigenvalue weighted by molar-refractivity contribution is -0.527. The monoisotopic (exact) mass is 1410 g/mol. The quantitative estimate of drug-likeness (QED) is 0.0128. The average molecular weight is 1410 g/mol. The van der Waals surface area contributed by atoms with E-state index in [4.69, 9.17) is 32.3 Å². The van der Waals surface area contributed by atoms with Crippen molar-refractivity contribution >= 4 is 100 Å². The number of hydrogen-bond donors (Lipinski definition) is 0. The third-order valence-corrected chi connectivity index (χ3v) is 17.4. The Labute approximate surface area is 608 Å². The number of rotatable bonds is 34. The molecule has 17 heteroatoms. The number of azo groups is 2. The topological polar surface area (TPSA) is 132 Å². The maximum absolute atomic E-state index is 9.58. The summed E-state index contributed by atoms with van der Waals surface area (Å²) in [5.74, 6) is 0. The molecule has 536 valence electrons. The summed E-state index contributed by atoms with van der Waals surface area (Å²) >= 11 is 0. The van der Waals surface area contributed by atoms with Crippen molar-refractivity contribution in [1.82, 2.24) is 0 Å². The molecule has 0 bridgehead atoms. The maximum Gasteiger partial charge on any atom is 0.425 e. The van der Waals surface area contributed by atoms with Crippen LogP contribution in [0, 0.1) is 6.68 Å². The van der Waals surface area contributed by atoms with Gasteiger partial charge in [-0.1, -0.05) is 193 Å². The lowest BCUT2D eigenvalue weighted by Gasteiger charge is -2.27. The Morgan fingerprint density at radius 2 is 0.835 bits per heavy atom. The highest BCUT2D eigenvalue weighted by molar-refractivity contribution is 7.59. The Hall–Kier alpha value is -10.2. The van der Waals surface area contributed by atoms with Gasteiger partial charge in [0.25, 0.3) is 0 Å². The summed E-state index contributed by atoms with van der Waals surface area (Å²) in [7, 11) is -3.11. The number of halogens is 3. The van der Waals surface area contributed by atoms with Crippen molar-refractivity contribution in [3.05, 3.63) is 278 Å². The number of hydrogen-bond acceptors (Lipinski definition) is 12. The molecule has 0 aliphatic heterocycles. The fourth-order valence-electron chi connectivity index (χ4n) is 12.2. The molecule has 0 N–H and O–H groups in total. The van der Waals surface area contributed by atoms with Gasteiger partial charge in [-0.2, -0.15) is 10.2 Å². The first-order chi connectivity index (χ1) is 50.4. The average Bonchev–Trinajstić information content (AvgIpc) is 0.788. The van der Waals surface area contributed by atoms with Crippen molar-refractivity contribution in [1.29, 1.82) is 0 Å². The molecule has 0 amide bonds. The minimum Gasteiger partial charge on any atom is -0.385 e. The molecule has 0 fully saturated rings. The Kier molecular flexibility index (Phi) is 32.7. The van der Waals surface area contributed by atoms with Gasteiger partial charge in [0.1, 0.15) is 13.1 Å². The first-order valence-electron chi connectivity index (χ1n) is 35.8. The van der Waals surface area contributed by atoms with Gasteiger partial charge < -0.3 is 37.3 Å². The van der Waals surface area contributed by atoms with E-state index in [2.05, 4.69) is 259 Å². The molecule has 1 aliphatic carbocycles. The predicted octanol–water partition coefficient (Wildman–Crippen LogP) is 23.5. The van der Waals surface area contributed by atoms with Crippen molar-refractivity contribution in [2.24, 2.45) is 20.5 Å². The number of unbranched alkanes of at least 4 members (excludes halogenated alkanes) is 4. The maximum atomic E-state index is 9.58. The van der Waals surface area contributed by atoms with Gasteiger partial charge in [-0.15, -0.1) is 22.9 Å². The van der Waals surface area contributed by atoms with E-state index in [9.17, 15) is 13.2 Å². The second-order valence-corrected chi connectivity index (χ2v) is 24.8. The molecule has 0 aromatic heterocycles. The van der Waals surface area contributed by atoms with Gasteiger partial charge in [-0.25, -0.2) is 4.58 Å². The molecule has 13 nitrogen and oxygen atoms in total. The number of anilines is 5. The molecule has 103 heavy (non-hydrogen) atoms. The van der Waals surface area contributed by atoms with Crippen LogP contribution in [0.3, 0.4) is 0 Å². The summed E-state index contributed by atoms with van der Waals surface area (Å²) in [5.41, 5.74) is 16.9. The summed E-state index contributed by atoms with van der Waals surface area (Å²) in [6, 6.07) is 72.8. The van der Waals surface area contributed by atoms with Crippen LogP contribution in [0.5, 0.6) is 0 Å². The molecular formula is C86H95F3N8O5S. The molecule has 9 aromatic rings.